The van der Waals surface area contributed by atoms with Crippen molar-refractivity contribution >= 4 is 29.3 Å². The standard InChI is InChI=1S/C19H26ClN5/c1-5-16(20)7-6-15(4)11-23-25(18-12-24(13-18)14(2)3)19-10-17(21)8-9-22-19/h5-11,14,18H,4,12-13H2,1-3H3,(H2,21,22)/b7-6-,16-5+,23-11+. The largest absolute Gasteiger partial charge is 0.399 e. The molecule has 1 saturated heterocycles. The van der Waals surface area contributed by atoms with Gasteiger partial charge in [0, 0.05) is 42.1 Å². The molecule has 5 nitrogen and oxygen atoms in total. The van der Waals surface area contributed by atoms with Gasteiger partial charge in [-0.1, -0.05) is 30.3 Å². The van der Waals surface area contributed by atoms with E-state index in [1.165, 1.54) is 0 Å². The Morgan fingerprint density at radius 3 is 2.80 bits per heavy atom. The number of allylic oxidation sites excluding steroid dienone is 5. The smallest absolute Gasteiger partial charge is 0.151 e. The normalized spacial score (nSPS) is 16.8. The fourth-order valence-electron chi connectivity index (χ4n) is 2.43. The first kappa shape index (κ1) is 19.2. The minimum absolute atomic E-state index is 0.267. The first-order valence-corrected chi connectivity index (χ1v) is 8.76. The van der Waals surface area contributed by atoms with E-state index in [4.69, 9.17) is 17.3 Å². The van der Waals surface area contributed by atoms with Gasteiger partial charge in [0.1, 0.15) is 0 Å². The monoisotopic (exact) mass is 359 g/mol. The van der Waals surface area contributed by atoms with Crippen LogP contribution in [0.4, 0.5) is 11.5 Å². The summed E-state index contributed by atoms with van der Waals surface area (Å²) in [6.45, 7) is 12.1. The molecular weight excluding hydrogens is 334 g/mol. The summed E-state index contributed by atoms with van der Waals surface area (Å²) in [4.78, 5) is 6.80. The van der Waals surface area contributed by atoms with Crippen molar-refractivity contribution in [1.29, 1.82) is 0 Å². The minimum Gasteiger partial charge on any atom is -0.399 e. The fraction of sp³-hybridized carbons (Fsp3) is 0.368. The Kier molecular flexibility index (Phi) is 6.79. The molecule has 1 aromatic rings. The van der Waals surface area contributed by atoms with Crippen LogP contribution in [0.3, 0.4) is 0 Å². The third kappa shape index (κ3) is 5.44. The van der Waals surface area contributed by atoms with E-state index < -0.39 is 0 Å². The second-order valence-corrected chi connectivity index (χ2v) is 6.76. The van der Waals surface area contributed by atoms with E-state index in [-0.39, 0.29) is 6.04 Å². The number of aromatic nitrogens is 1. The van der Waals surface area contributed by atoms with Crippen LogP contribution in [0.25, 0.3) is 0 Å². The van der Waals surface area contributed by atoms with Gasteiger partial charge in [0.2, 0.25) is 0 Å². The predicted octanol–water partition coefficient (Wildman–Crippen LogP) is 3.80. The first-order valence-electron chi connectivity index (χ1n) is 8.38. The molecule has 1 aliphatic rings. The molecule has 2 heterocycles. The van der Waals surface area contributed by atoms with Crippen LogP contribution in [0, 0.1) is 0 Å². The van der Waals surface area contributed by atoms with Crippen molar-refractivity contribution in [2.75, 3.05) is 23.8 Å². The lowest BCUT2D eigenvalue weighted by Gasteiger charge is -2.45. The number of nitrogens with zero attached hydrogens (tertiary/aromatic N) is 4. The van der Waals surface area contributed by atoms with E-state index in [0.29, 0.717) is 16.8 Å². The maximum Gasteiger partial charge on any atom is 0.151 e. The van der Waals surface area contributed by atoms with E-state index in [1.54, 1.807) is 24.6 Å². The number of likely N-dealkylation sites (tertiary alicyclic amines) is 1. The fourth-order valence-corrected chi connectivity index (χ4v) is 2.49. The van der Waals surface area contributed by atoms with Crippen LogP contribution >= 0.6 is 11.6 Å². The zero-order valence-corrected chi connectivity index (χ0v) is 15.8. The molecule has 2 rings (SSSR count). The molecule has 2 N–H and O–H groups in total. The summed E-state index contributed by atoms with van der Waals surface area (Å²) >= 11 is 5.96. The molecule has 25 heavy (non-hydrogen) atoms. The van der Waals surface area contributed by atoms with Crippen LogP contribution in [0.15, 0.2) is 58.8 Å². The van der Waals surface area contributed by atoms with Gasteiger partial charge in [0.15, 0.2) is 5.82 Å². The average molecular weight is 360 g/mol. The first-order chi connectivity index (χ1) is 11.9. The van der Waals surface area contributed by atoms with Crippen molar-refractivity contribution in [3.8, 4) is 0 Å². The molecule has 1 aromatic heterocycles. The summed E-state index contributed by atoms with van der Waals surface area (Å²) in [6.07, 6.45) is 8.87. The van der Waals surface area contributed by atoms with Gasteiger partial charge in [0.25, 0.3) is 0 Å². The summed E-state index contributed by atoms with van der Waals surface area (Å²) in [7, 11) is 0. The zero-order chi connectivity index (χ0) is 18.4. The molecule has 1 fully saturated rings. The highest BCUT2D eigenvalue weighted by Gasteiger charge is 2.34. The van der Waals surface area contributed by atoms with Gasteiger partial charge < -0.3 is 5.73 Å². The number of pyridine rings is 1. The van der Waals surface area contributed by atoms with E-state index in [1.807, 2.05) is 30.2 Å². The maximum atomic E-state index is 5.96. The maximum absolute atomic E-state index is 5.96. The van der Waals surface area contributed by atoms with Gasteiger partial charge in [-0.05, 0) is 38.5 Å². The van der Waals surface area contributed by atoms with E-state index in [9.17, 15) is 0 Å². The highest BCUT2D eigenvalue weighted by molar-refractivity contribution is 6.31. The Balaban J connectivity index is 2.14. The van der Waals surface area contributed by atoms with Crippen LogP contribution in [0.5, 0.6) is 0 Å². The van der Waals surface area contributed by atoms with Gasteiger partial charge in [-0.15, -0.1) is 0 Å². The predicted molar refractivity (Wildman–Crippen MR) is 108 cm³/mol. The Hall–Kier alpha value is -2.11. The quantitative estimate of drug-likeness (QED) is 0.457. The lowest BCUT2D eigenvalue weighted by molar-refractivity contribution is 0.107. The molecule has 0 saturated carbocycles. The van der Waals surface area contributed by atoms with Gasteiger partial charge in [-0.3, -0.25) is 4.90 Å². The molecule has 0 radical (unpaired) electrons. The Morgan fingerprint density at radius 2 is 2.20 bits per heavy atom. The Labute approximate surface area is 155 Å². The molecule has 0 atom stereocenters. The SMILES string of the molecule is C=C(/C=C\C(Cl)=C/C)/C=N/N(c1cc(N)ccn1)C1CN(C(C)C)C1. The highest BCUT2D eigenvalue weighted by atomic mass is 35.5. The molecule has 134 valence electrons. The molecule has 0 aromatic carbocycles. The second kappa shape index (κ2) is 8.83. The molecule has 0 spiro atoms. The molecule has 0 amide bonds. The van der Waals surface area contributed by atoms with Crippen LogP contribution in [-0.4, -0.2) is 41.3 Å². The van der Waals surface area contributed by atoms with Crippen molar-refractivity contribution in [2.45, 2.75) is 32.9 Å². The number of nitrogens with two attached hydrogens (primary N) is 1. The van der Waals surface area contributed by atoms with Crippen molar-refractivity contribution in [3.63, 3.8) is 0 Å². The van der Waals surface area contributed by atoms with Gasteiger partial charge in [-0.25, -0.2) is 9.99 Å². The number of hydrazone groups is 1. The van der Waals surface area contributed by atoms with E-state index in [2.05, 4.69) is 35.4 Å². The molecule has 0 bridgehead atoms. The molecular formula is C19H26ClN5. The number of hydrogen-bond donors (Lipinski definition) is 1. The number of nitrogen functional groups attached to an aromatic ring is 1. The topological polar surface area (TPSA) is 57.8 Å². The van der Waals surface area contributed by atoms with Crippen molar-refractivity contribution < 1.29 is 0 Å². The lowest BCUT2D eigenvalue weighted by Crippen LogP contribution is -2.60. The van der Waals surface area contributed by atoms with Gasteiger partial charge in [0.05, 0.1) is 12.3 Å². The highest BCUT2D eigenvalue weighted by Crippen LogP contribution is 2.24. The Morgan fingerprint density at radius 1 is 1.48 bits per heavy atom. The lowest BCUT2D eigenvalue weighted by atomic mass is 10.1. The van der Waals surface area contributed by atoms with Crippen molar-refractivity contribution in [2.24, 2.45) is 5.10 Å². The summed E-state index contributed by atoms with van der Waals surface area (Å²) in [6, 6.07) is 4.40. The second-order valence-electron chi connectivity index (χ2n) is 6.32. The third-order valence-electron chi connectivity index (χ3n) is 4.05. The summed E-state index contributed by atoms with van der Waals surface area (Å²) in [5, 5.41) is 7.19. The van der Waals surface area contributed by atoms with Crippen molar-refractivity contribution in [3.05, 3.63) is 53.7 Å². The van der Waals surface area contributed by atoms with Crippen LogP contribution in [0.2, 0.25) is 0 Å². The van der Waals surface area contributed by atoms with Gasteiger partial charge >= 0.3 is 0 Å². The summed E-state index contributed by atoms with van der Waals surface area (Å²) < 4.78 is 0. The third-order valence-corrected chi connectivity index (χ3v) is 4.40. The van der Waals surface area contributed by atoms with E-state index in [0.717, 1.165) is 24.5 Å². The van der Waals surface area contributed by atoms with Crippen LogP contribution in [-0.2, 0) is 0 Å². The van der Waals surface area contributed by atoms with E-state index >= 15 is 0 Å². The van der Waals surface area contributed by atoms with Gasteiger partial charge in [-0.2, -0.15) is 5.10 Å². The summed E-state index contributed by atoms with van der Waals surface area (Å²) in [5.74, 6) is 0.743. The van der Waals surface area contributed by atoms with Crippen molar-refractivity contribution in [1.82, 2.24) is 9.88 Å². The number of hydrogen-bond acceptors (Lipinski definition) is 5. The molecule has 0 aliphatic carbocycles. The molecule has 1 aliphatic heterocycles. The molecule has 6 heteroatoms. The minimum atomic E-state index is 0.267. The molecule has 0 unspecified atom stereocenters. The zero-order valence-electron chi connectivity index (χ0n) is 15.1. The Bertz CT molecular complexity index is 687. The number of rotatable bonds is 7. The van der Waals surface area contributed by atoms with Crippen LogP contribution < -0.4 is 10.7 Å². The summed E-state index contributed by atoms with van der Waals surface area (Å²) in [5.41, 5.74) is 7.33. The average Bonchev–Trinajstić information content (AvgIpc) is 2.53. The number of anilines is 2. The van der Waals surface area contributed by atoms with Crippen LogP contribution in [0.1, 0.15) is 20.8 Å². The number of halogens is 1.